The summed E-state index contributed by atoms with van der Waals surface area (Å²) in [6.45, 7) is 2.90. The van der Waals surface area contributed by atoms with Crippen LogP contribution in [0.1, 0.15) is 24.3 Å². The van der Waals surface area contributed by atoms with Crippen molar-refractivity contribution in [2.75, 3.05) is 26.2 Å². The first-order valence-electron chi connectivity index (χ1n) is 10.5. The maximum atomic E-state index is 10.5. The number of ether oxygens (including phenoxy) is 1. The van der Waals surface area contributed by atoms with Crippen molar-refractivity contribution in [2.45, 2.75) is 24.9 Å². The van der Waals surface area contributed by atoms with Crippen LogP contribution in [0.25, 0.3) is 21.8 Å². The Morgan fingerprint density at radius 3 is 2.80 bits per heavy atom. The third-order valence-corrected chi connectivity index (χ3v) is 6.39. The van der Waals surface area contributed by atoms with Gasteiger partial charge in [-0.2, -0.15) is 0 Å². The molecule has 0 amide bonds. The van der Waals surface area contributed by atoms with Gasteiger partial charge in [0.05, 0.1) is 0 Å². The van der Waals surface area contributed by atoms with Crippen LogP contribution in [-0.4, -0.2) is 52.3 Å². The maximum absolute atomic E-state index is 10.5. The number of H-pyrrole nitrogens is 2. The SMILES string of the molecule is O[C@H](COc1cccc2[nH]ccc12)CN1CCC(c2c[nH]c3cc(Cl)ccc23)CC1. The van der Waals surface area contributed by atoms with Gasteiger partial charge in [0.25, 0.3) is 0 Å². The van der Waals surface area contributed by atoms with Gasteiger partial charge in [0.2, 0.25) is 0 Å². The minimum absolute atomic E-state index is 0.299. The van der Waals surface area contributed by atoms with E-state index in [2.05, 4.69) is 27.1 Å². The highest BCUT2D eigenvalue weighted by Gasteiger charge is 2.24. The molecule has 1 atom stereocenters. The summed E-state index contributed by atoms with van der Waals surface area (Å²) in [4.78, 5) is 8.88. The van der Waals surface area contributed by atoms with E-state index in [4.69, 9.17) is 16.3 Å². The molecule has 30 heavy (non-hydrogen) atoms. The van der Waals surface area contributed by atoms with Crippen LogP contribution in [0.4, 0.5) is 0 Å². The summed E-state index contributed by atoms with van der Waals surface area (Å²) in [7, 11) is 0. The number of nitrogens with zero attached hydrogens (tertiary/aromatic N) is 1. The Kier molecular flexibility index (Phi) is 5.42. The zero-order chi connectivity index (χ0) is 20.5. The largest absolute Gasteiger partial charge is 0.490 e. The Labute approximate surface area is 180 Å². The second-order valence-electron chi connectivity index (χ2n) is 8.17. The first-order valence-corrected chi connectivity index (χ1v) is 10.9. The van der Waals surface area contributed by atoms with Crippen molar-refractivity contribution >= 4 is 33.4 Å². The molecule has 6 heteroatoms. The van der Waals surface area contributed by atoms with Crippen LogP contribution in [0.2, 0.25) is 5.02 Å². The third-order valence-electron chi connectivity index (χ3n) is 6.16. The lowest BCUT2D eigenvalue weighted by molar-refractivity contribution is 0.0599. The quantitative estimate of drug-likeness (QED) is 0.412. The number of aliphatic hydroxyl groups is 1. The Balaban J connectivity index is 1.14. The number of halogens is 1. The Bertz CT molecular complexity index is 1140. The van der Waals surface area contributed by atoms with Gasteiger partial charge in [0, 0.05) is 45.8 Å². The molecule has 1 fully saturated rings. The molecule has 5 nitrogen and oxygen atoms in total. The molecule has 156 valence electrons. The van der Waals surface area contributed by atoms with Crippen LogP contribution in [0.3, 0.4) is 0 Å². The second kappa shape index (κ2) is 8.34. The van der Waals surface area contributed by atoms with Gasteiger partial charge >= 0.3 is 0 Å². The molecule has 1 saturated heterocycles. The normalized spacial score (nSPS) is 17.0. The zero-order valence-corrected chi connectivity index (χ0v) is 17.5. The van der Waals surface area contributed by atoms with Crippen LogP contribution in [0.5, 0.6) is 5.75 Å². The van der Waals surface area contributed by atoms with E-state index in [0.717, 1.165) is 53.1 Å². The summed E-state index contributed by atoms with van der Waals surface area (Å²) in [5, 5.41) is 13.6. The monoisotopic (exact) mass is 423 g/mol. The molecule has 0 radical (unpaired) electrons. The van der Waals surface area contributed by atoms with Crippen molar-refractivity contribution in [3.8, 4) is 5.75 Å². The van der Waals surface area contributed by atoms with Gasteiger partial charge in [-0.3, -0.25) is 0 Å². The first-order chi connectivity index (χ1) is 14.7. The Morgan fingerprint density at radius 1 is 1.07 bits per heavy atom. The van der Waals surface area contributed by atoms with E-state index in [9.17, 15) is 5.11 Å². The number of aliphatic hydroxyl groups excluding tert-OH is 1. The molecule has 4 aromatic rings. The second-order valence-corrected chi connectivity index (χ2v) is 8.61. The number of fused-ring (bicyclic) bond motifs is 2. The van der Waals surface area contributed by atoms with Crippen LogP contribution >= 0.6 is 11.6 Å². The summed E-state index contributed by atoms with van der Waals surface area (Å²) in [6, 6.07) is 14.0. The molecule has 1 aliphatic rings. The molecular formula is C24H26ClN3O2. The highest BCUT2D eigenvalue weighted by Crippen LogP contribution is 2.34. The highest BCUT2D eigenvalue weighted by atomic mass is 35.5. The molecule has 0 bridgehead atoms. The standard InChI is InChI=1S/C24H26ClN3O2/c25-17-4-5-19-21(13-27-23(19)12-17)16-7-10-28(11-8-16)14-18(29)15-30-24-3-1-2-22-20(24)6-9-26-22/h1-6,9,12-13,16,18,26-27,29H,7-8,10-11,14-15H2/t18-/m0/s1. The van der Waals surface area contributed by atoms with Crippen LogP contribution in [-0.2, 0) is 0 Å². The van der Waals surface area contributed by atoms with E-state index >= 15 is 0 Å². The average molecular weight is 424 g/mol. The fourth-order valence-electron chi connectivity index (χ4n) is 4.60. The Hall–Kier alpha value is -2.47. The smallest absolute Gasteiger partial charge is 0.128 e. The molecule has 5 rings (SSSR count). The van der Waals surface area contributed by atoms with E-state index in [-0.39, 0.29) is 0 Å². The van der Waals surface area contributed by atoms with Crippen molar-refractivity contribution in [2.24, 2.45) is 0 Å². The fraction of sp³-hybridized carbons (Fsp3) is 0.333. The maximum Gasteiger partial charge on any atom is 0.128 e. The summed E-state index contributed by atoms with van der Waals surface area (Å²) >= 11 is 6.11. The van der Waals surface area contributed by atoms with E-state index in [0.29, 0.717) is 19.1 Å². The lowest BCUT2D eigenvalue weighted by atomic mass is 9.89. The molecule has 1 aliphatic heterocycles. The van der Waals surface area contributed by atoms with Crippen molar-refractivity contribution in [3.63, 3.8) is 0 Å². The van der Waals surface area contributed by atoms with E-state index in [1.807, 2.05) is 42.6 Å². The number of hydrogen-bond acceptors (Lipinski definition) is 3. The van der Waals surface area contributed by atoms with Crippen molar-refractivity contribution < 1.29 is 9.84 Å². The van der Waals surface area contributed by atoms with Gasteiger partial charge in [-0.05, 0) is 67.7 Å². The minimum Gasteiger partial charge on any atom is -0.490 e. The summed E-state index contributed by atoms with van der Waals surface area (Å²) in [5.74, 6) is 1.35. The van der Waals surface area contributed by atoms with Crippen LogP contribution in [0, 0.1) is 0 Å². The molecule has 3 heterocycles. The molecule has 3 N–H and O–H groups in total. The molecule has 2 aromatic carbocycles. The minimum atomic E-state index is -0.508. The zero-order valence-electron chi connectivity index (χ0n) is 16.8. The van der Waals surface area contributed by atoms with Gasteiger partial charge in [-0.1, -0.05) is 23.7 Å². The fourth-order valence-corrected chi connectivity index (χ4v) is 4.78. The molecule has 0 aliphatic carbocycles. The third kappa shape index (κ3) is 3.93. The van der Waals surface area contributed by atoms with Gasteiger partial charge in [-0.15, -0.1) is 0 Å². The number of β-amino-alcohol motifs (C(OH)–C–C–N with tert-alkyl or cyclic N) is 1. The molecule has 0 saturated carbocycles. The van der Waals surface area contributed by atoms with E-state index in [1.165, 1.54) is 10.9 Å². The van der Waals surface area contributed by atoms with Crippen molar-refractivity contribution in [1.29, 1.82) is 0 Å². The summed E-state index contributed by atoms with van der Waals surface area (Å²) < 4.78 is 5.91. The topological polar surface area (TPSA) is 64.3 Å². The Morgan fingerprint density at radius 2 is 1.93 bits per heavy atom. The van der Waals surface area contributed by atoms with Gasteiger partial charge in [0.15, 0.2) is 0 Å². The predicted molar refractivity (Wildman–Crippen MR) is 122 cm³/mol. The number of aromatic amines is 2. The number of hydrogen-bond donors (Lipinski definition) is 3. The van der Waals surface area contributed by atoms with Gasteiger partial charge in [-0.25, -0.2) is 0 Å². The average Bonchev–Trinajstić information content (AvgIpc) is 3.39. The number of nitrogens with one attached hydrogen (secondary N) is 2. The molecular weight excluding hydrogens is 398 g/mol. The number of benzene rings is 2. The molecule has 2 aromatic heterocycles. The summed E-state index contributed by atoms with van der Waals surface area (Å²) in [6.07, 6.45) is 5.70. The number of piperidine rings is 1. The van der Waals surface area contributed by atoms with Gasteiger partial charge in [0.1, 0.15) is 18.5 Å². The molecule has 0 spiro atoms. The van der Waals surface area contributed by atoms with Crippen molar-refractivity contribution in [1.82, 2.24) is 14.9 Å². The lowest BCUT2D eigenvalue weighted by Gasteiger charge is -2.33. The van der Waals surface area contributed by atoms with E-state index in [1.54, 1.807) is 0 Å². The molecule has 0 unspecified atom stereocenters. The number of aromatic nitrogens is 2. The number of likely N-dealkylation sites (tertiary alicyclic amines) is 1. The summed E-state index contributed by atoms with van der Waals surface area (Å²) in [5.41, 5.74) is 3.53. The lowest BCUT2D eigenvalue weighted by Crippen LogP contribution is -2.40. The van der Waals surface area contributed by atoms with E-state index < -0.39 is 6.10 Å². The first kappa shape index (κ1) is 19.5. The highest BCUT2D eigenvalue weighted by molar-refractivity contribution is 6.31. The van der Waals surface area contributed by atoms with Crippen LogP contribution < -0.4 is 4.74 Å². The van der Waals surface area contributed by atoms with Gasteiger partial charge < -0.3 is 24.7 Å². The number of rotatable bonds is 6. The van der Waals surface area contributed by atoms with Crippen LogP contribution in [0.15, 0.2) is 54.9 Å². The van der Waals surface area contributed by atoms with Crippen molar-refractivity contribution in [3.05, 3.63) is 65.4 Å². The predicted octanol–water partition coefficient (Wildman–Crippen LogP) is 4.92.